The Morgan fingerprint density at radius 3 is 2.42 bits per heavy atom. The van der Waals surface area contributed by atoms with Gasteiger partial charge in [0.25, 0.3) is 0 Å². The molecule has 1 aromatic carbocycles. The number of rotatable bonds is 11. The van der Waals surface area contributed by atoms with Crippen molar-refractivity contribution in [2.75, 3.05) is 50.2 Å². The van der Waals surface area contributed by atoms with Gasteiger partial charge in [-0.05, 0) is 19.9 Å². The van der Waals surface area contributed by atoms with Crippen molar-refractivity contribution in [2.24, 2.45) is 0 Å². The number of anilines is 1. The number of halogens is 2. The van der Waals surface area contributed by atoms with Gasteiger partial charge in [0.2, 0.25) is 11.8 Å². The van der Waals surface area contributed by atoms with E-state index in [4.69, 9.17) is 32.7 Å². The second kappa shape index (κ2) is 12.3. The first-order valence-electron chi connectivity index (χ1n) is 8.19. The topological polar surface area (TPSA) is 67.9 Å². The molecule has 0 atom stereocenters. The summed E-state index contributed by atoms with van der Waals surface area (Å²) in [6, 6.07) is 3.09. The van der Waals surface area contributed by atoms with Crippen LogP contribution >= 0.6 is 35.0 Å². The van der Waals surface area contributed by atoms with E-state index < -0.39 is 0 Å². The average molecular weight is 423 g/mol. The predicted octanol–water partition coefficient (Wildman–Crippen LogP) is 3.56. The largest absolute Gasteiger partial charge is 0.490 e. The van der Waals surface area contributed by atoms with Crippen molar-refractivity contribution in [3.8, 4) is 5.75 Å². The van der Waals surface area contributed by atoms with Crippen LogP contribution < -0.4 is 10.1 Å². The highest BCUT2D eigenvalue weighted by Gasteiger charge is 2.13. The first-order chi connectivity index (χ1) is 12.4. The Hall–Kier alpha value is -1.15. The fraction of sp³-hybridized carbons (Fsp3) is 0.529. The van der Waals surface area contributed by atoms with Crippen molar-refractivity contribution in [2.45, 2.75) is 13.8 Å². The monoisotopic (exact) mass is 422 g/mol. The van der Waals surface area contributed by atoms with Gasteiger partial charge in [0, 0.05) is 26.3 Å². The molecule has 0 aliphatic rings. The van der Waals surface area contributed by atoms with Gasteiger partial charge in [0.05, 0.1) is 33.8 Å². The fourth-order valence-electron chi connectivity index (χ4n) is 2.06. The lowest BCUT2D eigenvalue weighted by atomic mass is 10.3. The zero-order valence-electron chi connectivity index (χ0n) is 15.1. The maximum absolute atomic E-state index is 12.1. The summed E-state index contributed by atoms with van der Waals surface area (Å²) in [5.74, 6) is 0.578. The van der Waals surface area contributed by atoms with Gasteiger partial charge < -0.3 is 19.7 Å². The summed E-state index contributed by atoms with van der Waals surface area (Å²) in [6.07, 6.45) is 0. The highest BCUT2D eigenvalue weighted by Crippen LogP contribution is 2.34. The van der Waals surface area contributed by atoms with E-state index in [0.29, 0.717) is 47.8 Å². The molecule has 0 saturated carbocycles. The summed E-state index contributed by atoms with van der Waals surface area (Å²) in [4.78, 5) is 25.7. The van der Waals surface area contributed by atoms with Crippen LogP contribution in [0.5, 0.6) is 5.75 Å². The van der Waals surface area contributed by atoms with Crippen molar-refractivity contribution in [1.82, 2.24) is 4.90 Å². The predicted molar refractivity (Wildman–Crippen MR) is 108 cm³/mol. The van der Waals surface area contributed by atoms with Crippen LogP contribution in [0.3, 0.4) is 0 Å². The summed E-state index contributed by atoms with van der Waals surface area (Å²) >= 11 is 13.5. The lowest BCUT2D eigenvalue weighted by molar-refractivity contribution is -0.127. The SMILES string of the molecule is CCN(CC)C(=O)CSCC(=O)Nc1cc(OCCOC)c(Cl)cc1Cl. The molecule has 0 heterocycles. The number of carbonyl (C=O) groups is 2. The zero-order valence-corrected chi connectivity index (χ0v) is 17.5. The van der Waals surface area contributed by atoms with Crippen molar-refractivity contribution >= 4 is 52.5 Å². The molecule has 6 nitrogen and oxygen atoms in total. The van der Waals surface area contributed by atoms with Gasteiger partial charge in [0.1, 0.15) is 12.4 Å². The third-order valence-electron chi connectivity index (χ3n) is 3.42. The van der Waals surface area contributed by atoms with Crippen LogP contribution in [-0.2, 0) is 14.3 Å². The summed E-state index contributed by atoms with van der Waals surface area (Å²) < 4.78 is 10.4. The van der Waals surface area contributed by atoms with Crippen LogP contribution in [0, 0.1) is 0 Å². The first-order valence-corrected chi connectivity index (χ1v) is 10.1. The fourth-order valence-corrected chi connectivity index (χ4v) is 3.26. The molecule has 0 bridgehead atoms. The molecule has 2 amide bonds. The maximum atomic E-state index is 12.1. The summed E-state index contributed by atoms with van der Waals surface area (Å²) in [5.41, 5.74) is 0.407. The van der Waals surface area contributed by atoms with Crippen LogP contribution in [0.4, 0.5) is 5.69 Å². The summed E-state index contributed by atoms with van der Waals surface area (Å²) in [5, 5.41) is 3.37. The van der Waals surface area contributed by atoms with E-state index in [-0.39, 0.29) is 23.3 Å². The average Bonchev–Trinajstić information content (AvgIpc) is 2.60. The van der Waals surface area contributed by atoms with Crippen molar-refractivity contribution in [1.29, 1.82) is 0 Å². The minimum atomic E-state index is -0.255. The number of methoxy groups -OCH3 is 1. The molecule has 0 unspecified atom stereocenters. The van der Waals surface area contributed by atoms with Crippen LogP contribution in [0.15, 0.2) is 12.1 Å². The third-order valence-corrected chi connectivity index (χ3v) is 4.94. The smallest absolute Gasteiger partial charge is 0.234 e. The number of thioether (sulfide) groups is 1. The number of nitrogens with zero attached hydrogens (tertiary/aromatic N) is 1. The molecule has 0 aliphatic heterocycles. The lowest BCUT2D eigenvalue weighted by Crippen LogP contribution is -2.32. The molecule has 0 aliphatic carbocycles. The molecule has 0 aromatic heterocycles. The molecular formula is C17H24Cl2N2O4S. The molecule has 0 fully saturated rings. The summed E-state index contributed by atoms with van der Waals surface area (Å²) in [6.45, 7) is 5.91. The Bertz CT molecular complexity index is 613. The number of hydrogen-bond acceptors (Lipinski definition) is 5. The van der Waals surface area contributed by atoms with E-state index in [9.17, 15) is 9.59 Å². The third kappa shape index (κ3) is 7.61. The molecule has 26 heavy (non-hydrogen) atoms. The van der Waals surface area contributed by atoms with Gasteiger partial charge in [-0.1, -0.05) is 23.2 Å². The number of hydrogen-bond donors (Lipinski definition) is 1. The van der Waals surface area contributed by atoms with E-state index in [1.807, 2.05) is 13.8 Å². The molecule has 0 spiro atoms. The quantitative estimate of drug-likeness (QED) is 0.552. The van der Waals surface area contributed by atoms with Crippen LogP contribution in [-0.4, -0.2) is 61.6 Å². The number of amides is 2. The molecule has 1 rings (SSSR count). The number of nitrogens with one attached hydrogen (secondary N) is 1. The van der Waals surface area contributed by atoms with Crippen LogP contribution in [0.1, 0.15) is 13.8 Å². The molecule has 146 valence electrons. The van der Waals surface area contributed by atoms with Crippen LogP contribution in [0.2, 0.25) is 10.0 Å². The van der Waals surface area contributed by atoms with Crippen molar-refractivity contribution < 1.29 is 19.1 Å². The molecular weight excluding hydrogens is 399 g/mol. The van der Waals surface area contributed by atoms with Gasteiger partial charge in [-0.15, -0.1) is 11.8 Å². The first kappa shape index (κ1) is 22.9. The number of carbonyl (C=O) groups excluding carboxylic acids is 2. The van der Waals surface area contributed by atoms with E-state index in [0.717, 1.165) is 0 Å². The van der Waals surface area contributed by atoms with Gasteiger partial charge in [-0.3, -0.25) is 9.59 Å². The zero-order chi connectivity index (χ0) is 19.5. The van der Waals surface area contributed by atoms with E-state index >= 15 is 0 Å². The Morgan fingerprint density at radius 2 is 1.81 bits per heavy atom. The highest BCUT2D eigenvalue weighted by atomic mass is 35.5. The molecule has 0 radical (unpaired) electrons. The Kier molecular flexibility index (Phi) is 10.8. The van der Waals surface area contributed by atoms with E-state index in [1.54, 1.807) is 18.1 Å². The molecule has 9 heteroatoms. The molecule has 0 saturated heterocycles. The molecule has 1 N–H and O–H groups in total. The van der Waals surface area contributed by atoms with E-state index in [2.05, 4.69) is 5.32 Å². The summed E-state index contributed by atoms with van der Waals surface area (Å²) in [7, 11) is 1.57. The maximum Gasteiger partial charge on any atom is 0.234 e. The van der Waals surface area contributed by atoms with Gasteiger partial charge in [0.15, 0.2) is 0 Å². The normalized spacial score (nSPS) is 10.5. The Labute approximate surface area is 168 Å². The molecule has 1 aromatic rings. The number of benzene rings is 1. The number of ether oxygens (including phenoxy) is 2. The second-order valence-corrected chi connectivity index (χ2v) is 7.01. The van der Waals surface area contributed by atoms with E-state index in [1.165, 1.54) is 17.8 Å². The van der Waals surface area contributed by atoms with Gasteiger partial charge in [-0.25, -0.2) is 0 Å². The minimum absolute atomic E-state index is 0.0196. The van der Waals surface area contributed by atoms with Gasteiger partial charge >= 0.3 is 0 Å². The van der Waals surface area contributed by atoms with Crippen LogP contribution in [0.25, 0.3) is 0 Å². The standard InChI is InChI=1S/C17H24Cl2N2O4S/c1-4-21(5-2)17(23)11-26-10-16(22)20-14-9-15(25-7-6-24-3)13(19)8-12(14)18/h8-9H,4-7,10-11H2,1-3H3,(H,20,22). The lowest BCUT2D eigenvalue weighted by Gasteiger charge is -2.18. The van der Waals surface area contributed by atoms with Crippen molar-refractivity contribution in [3.63, 3.8) is 0 Å². The van der Waals surface area contributed by atoms with Gasteiger partial charge in [-0.2, -0.15) is 0 Å². The Morgan fingerprint density at radius 1 is 1.12 bits per heavy atom. The second-order valence-electron chi connectivity index (χ2n) is 5.21. The Balaban J connectivity index is 2.57. The highest BCUT2D eigenvalue weighted by molar-refractivity contribution is 8.00. The minimum Gasteiger partial charge on any atom is -0.490 e. The van der Waals surface area contributed by atoms with Crippen molar-refractivity contribution in [3.05, 3.63) is 22.2 Å².